The van der Waals surface area contributed by atoms with Crippen molar-refractivity contribution in [3.63, 3.8) is 0 Å². The van der Waals surface area contributed by atoms with E-state index in [2.05, 4.69) is 4.74 Å². The van der Waals surface area contributed by atoms with Crippen LogP contribution in [0.3, 0.4) is 0 Å². The number of hydrogen-bond donors (Lipinski definition) is 1. The van der Waals surface area contributed by atoms with Crippen LogP contribution in [0.2, 0.25) is 0 Å². The minimum absolute atomic E-state index is 0.0844. The van der Waals surface area contributed by atoms with Crippen molar-refractivity contribution in [2.45, 2.75) is 43.9 Å². The van der Waals surface area contributed by atoms with E-state index >= 15 is 0 Å². The van der Waals surface area contributed by atoms with E-state index in [4.69, 9.17) is 14.6 Å². The second-order valence-corrected chi connectivity index (χ2v) is 8.10. The van der Waals surface area contributed by atoms with E-state index in [0.29, 0.717) is 50.6 Å². The van der Waals surface area contributed by atoms with E-state index in [1.807, 2.05) is 0 Å². The third kappa shape index (κ3) is 5.81. The Balaban J connectivity index is 1.35. The topological polar surface area (TPSA) is 85.3 Å². The smallest absolute Gasteiger partial charge is 0.433 e. The predicted molar refractivity (Wildman–Crippen MR) is 103 cm³/mol. The molecule has 0 aliphatic carbocycles. The van der Waals surface area contributed by atoms with Crippen LogP contribution in [0.5, 0.6) is 5.75 Å². The molecule has 2 aliphatic rings. The first kappa shape index (κ1) is 24.1. The summed E-state index contributed by atoms with van der Waals surface area (Å²) in [6.45, 7) is -0.380. The van der Waals surface area contributed by atoms with Gasteiger partial charge < -0.3 is 24.2 Å². The highest BCUT2D eigenvalue weighted by atomic mass is 19.4. The van der Waals surface area contributed by atoms with Gasteiger partial charge in [0.15, 0.2) is 0 Å². The van der Waals surface area contributed by atoms with Crippen LogP contribution in [0.4, 0.5) is 22.4 Å². The largest absolute Gasteiger partial charge is 0.493 e. The molecule has 1 amide bonds. The number of aliphatic carboxylic acids is 1. The summed E-state index contributed by atoms with van der Waals surface area (Å²) in [6.07, 6.45) is -3.28. The van der Waals surface area contributed by atoms with Crippen molar-refractivity contribution in [1.29, 1.82) is 0 Å². The average molecular weight is 463 g/mol. The highest BCUT2D eigenvalue weighted by Crippen LogP contribution is 2.40. The minimum atomic E-state index is -4.67. The fourth-order valence-corrected chi connectivity index (χ4v) is 3.69. The van der Waals surface area contributed by atoms with E-state index in [9.17, 15) is 27.2 Å². The molecule has 2 fully saturated rings. The molecular formula is C21H25F4NO6. The summed E-state index contributed by atoms with van der Waals surface area (Å²) in [4.78, 5) is 24.1. The van der Waals surface area contributed by atoms with Crippen molar-refractivity contribution in [3.8, 4) is 5.75 Å². The lowest BCUT2D eigenvalue weighted by Crippen LogP contribution is -2.64. The van der Waals surface area contributed by atoms with Gasteiger partial charge in [-0.3, -0.25) is 4.79 Å². The van der Waals surface area contributed by atoms with Crippen molar-refractivity contribution in [2.24, 2.45) is 5.92 Å². The lowest BCUT2D eigenvalue weighted by atomic mass is 9.92. The van der Waals surface area contributed by atoms with Crippen LogP contribution < -0.4 is 4.74 Å². The van der Waals surface area contributed by atoms with Gasteiger partial charge in [-0.25, -0.2) is 9.18 Å². The number of alkyl halides is 3. The summed E-state index contributed by atoms with van der Waals surface area (Å²) in [5.41, 5.74) is -2.45. The van der Waals surface area contributed by atoms with Crippen LogP contribution in [0.1, 0.15) is 31.2 Å². The number of piperidine rings is 1. The van der Waals surface area contributed by atoms with Gasteiger partial charge in [-0.15, -0.1) is 0 Å². The Hall–Kier alpha value is -2.56. The van der Waals surface area contributed by atoms with E-state index in [-0.39, 0.29) is 5.56 Å². The third-order valence-corrected chi connectivity index (χ3v) is 5.73. The molecular weight excluding hydrogens is 438 g/mol. The Morgan fingerprint density at radius 2 is 1.91 bits per heavy atom. The molecule has 3 rings (SSSR count). The van der Waals surface area contributed by atoms with Gasteiger partial charge in [0.25, 0.3) is 5.60 Å². The highest BCUT2D eigenvalue weighted by molar-refractivity contribution is 5.70. The molecule has 7 nitrogen and oxygen atoms in total. The molecule has 0 saturated carbocycles. The molecule has 0 atom stereocenters. The Bertz CT molecular complexity index is 819. The van der Waals surface area contributed by atoms with Gasteiger partial charge in [0.2, 0.25) is 0 Å². The molecule has 178 valence electrons. The van der Waals surface area contributed by atoms with Gasteiger partial charge >= 0.3 is 18.2 Å². The molecule has 32 heavy (non-hydrogen) atoms. The van der Waals surface area contributed by atoms with Crippen molar-refractivity contribution in [1.82, 2.24) is 4.90 Å². The lowest BCUT2D eigenvalue weighted by molar-refractivity contribution is -0.333. The lowest BCUT2D eigenvalue weighted by Gasteiger charge is -2.43. The first-order valence-electron chi connectivity index (χ1n) is 10.3. The Morgan fingerprint density at radius 1 is 1.22 bits per heavy atom. The number of carboxylic acid groups (broad SMARTS) is 1. The summed E-state index contributed by atoms with van der Waals surface area (Å²) < 4.78 is 68.0. The number of ether oxygens (including phenoxy) is 3. The minimum Gasteiger partial charge on any atom is -0.493 e. The Kier molecular flexibility index (Phi) is 7.47. The predicted octanol–water partition coefficient (Wildman–Crippen LogP) is 3.79. The van der Waals surface area contributed by atoms with Crippen LogP contribution in [0, 0.1) is 11.7 Å². The molecule has 2 aliphatic heterocycles. The molecule has 11 heteroatoms. The number of carboxylic acids is 1. The first-order chi connectivity index (χ1) is 15.1. The number of likely N-dealkylation sites (tertiary alicyclic amines) is 1. The van der Waals surface area contributed by atoms with Crippen molar-refractivity contribution >= 4 is 12.1 Å². The van der Waals surface area contributed by atoms with Gasteiger partial charge in [-0.1, -0.05) is 6.07 Å². The van der Waals surface area contributed by atoms with Gasteiger partial charge in [-0.2, -0.15) is 13.2 Å². The van der Waals surface area contributed by atoms with E-state index < -0.39 is 49.3 Å². The number of nitrogens with zero attached hydrogens (tertiary/aromatic N) is 1. The van der Waals surface area contributed by atoms with Gasteiger partial charge in [0, 0.05) is 19.2 Å². The summed E-state index contributed by atoms with van der Waals surface area (Å²) in [6, 6.07) is 4.06. The van der Waals surface area contributed by atoms with Crippen LogP contribution in [-0.4, -0.2) is 66.8 Å². The van der Waals surface area contributed by atoms with Gasteiger partial charge in [0.1, 0.15) is 11.6 Å². The summed E-state index contributed by atoms with van der Waals surface area (Å²) in [5, 5.41) is 8.72. The quantitative estimate of drug-likeness (QED) is 0.467. The maximum Gasteiger partial charge on any atom is 0.433 e. The maximum absolute atomic E-state index is 13.9. The zero-order valence-electron chi connectivity index (χ0n) is 17.3. The Labute approximate surface area is 182 Å². The van der Waals surface area contributed by atoms with E-state index in [1.165, 1.54) is 17.0 Å². The molecule has 0 spiro atoms. The second kappa shape index (κ2) is 9.93. The number of hydrogen-bond acceptors (Lipinski definition) is 5. The molecule has 1 aromatic carbocycles. The first-order valence-corrected chi connectivity index (χ1v) is 10.3. The fraction of sp³-hybridized carbons (Fsp3) is 0.619. The number of carbonyl (C=O) groups excluding carboxylic acids is 1. The summed E-state index contributed by atoms with van der Waals surface area (Å²) in [5.74, 6) is -1.15. The van der Waals surface area contributed by atoms with Crippen molar-refractivity contribution in [3.05, 3.63) is 29.6 Å². The number of amides is 1. The van der Waals surface area contributed by atoms with Gasteiger partial charge in [-0.05, 0) is 43.2 Å². The van der Waals surface area contributed by atoms with E-state index in [1.54, 1.807) is 0 Å². The fourth-order valence-electron chi connectivity index (χ4n) is 3.69. The summed E-state index contributed by atoms with van der Waals surface area (Å²) in [7, 11) is 0. The van der Waals surface area contributed by atoms with Crippen LogP contribution in [-0.2, 0) is 20.7 Å². The second-order valence-electron chi connectivity index (χ2n) is 8.10. The molecule has 0 radical (unpaired) electrons. The summed E-state index contributed by atoms with van der Waals surface area (Å²) >= 11 is 0. The zero-order chi connectivity index (χ0) is 23.4. The van der Waals surface area contributed by atoms with Crippen molar-refractivity contribution in [2.75, 3.05) is 32.9 Å². The van der Waals surface area contributed by atoms with Crippen LogP contribution >= 0.6 is 0 Å². The number of benzene rings is 1. The molecule has 2 saturated heterocycles. The van der Waals surface area contributed by atoms with Crippen LogP contribution in [0.15, 0.2) is 18.2 Å². The average Bonchev–Trinajstić information content (AvgIpc) is 2.69. The third-order valence-electron chi connectivity index (χ3n) is 5.73. The number of rotatable bonds is 8. The highest BCUT2D eigenvalue weighted by Gasteiger charge is 2.64. The van der Waals surface area contributed by atoms with Crippen LogP contribution in [0.25, 0.3) is 0 Å². The monoisotopic (exact) mass is 463 g/mol. The molecule has 0 aromatic heterocycles. The molecule has 1 aromatic rings. The van der Waals surface area contributed by atoms with Crippen molar-refractivity contribution < 1.29 is 46.5 Å². The number of halogens is 4. The zero-order valence-corrected chi connectivity index (χ0v) is 17.3. The van der Waals surface area contributed by atoms with Gasteiger partial charge in [0.05, 0.1) is 26.2 Å². The normalized spacial score (nSPS) is 18.7. The number of carbonyl (C=O) groups is 2. The standard InChI is InChI=1S/C21H25F4NO6/c22-17-11-16(4-3-15(17)10-18(27)28)31-9-1-2-14-5-7-26(8-6-14)19(29)32-20(12-30-13-20)21(23,24)25/h3-4,11,14H,1-2,5-10,12-13H2,(H,27,28). The molecule has 1 N–H and O–H groups in total. The Morgan fingerprint density at radius 3 is 2.44 bits per heavy atom. The maximum atomic E-state index is 13.9. The molecule has 0 unspecified atom stereocenters. The SMILES string of the molecule is O=C(O)Cc1ccc(OCCCC2CCN(C(=O)OC3(C(F)(F)F)COC3)CC2)cc1F. The molecule has 0 bridgehead atoms. The van der Waals surface area contributed by atoms with E-state index in [0.717, 1.165) is 12.5 Å². The molecule has 2 heterocycles.